The summed E-state index contributed by atoms with van der Waals surface area (Å²) in [5.74, 6) is 0.893. The molecule has 1 saturated heterocycles. The van der Waals surface area contributed by atoms with E-state index in [2.05, 4.69) is 41.5 Å². The first-order chi connectivity index (χ1) is 8.84. The highest BCUT2D eigenvalue weighted by atomic mass is 35.5. The highest BCUT2D eigenvalue weighted by Crippen LogP contribution is 2.35. The molecule has 1 aliphatic carbocycles. The molecule has 0 bridgehead atoms. The third-order valence-electron chi connectivity index (χ3n) is 4.64. The van der Waals surface area contributed by atoms with E-state index in [1.165, 1.54) is 45.3 Å². The van der Waals surface area contributed by atoms with Gasteiger partial charge in [-0.3, -0.25) is 4.90 Å². The molecule has 0 aromatic heterocycles. The highest BCUT2D eigenvalue weighted by Gasteiger charge is 2.27. The van der Waals surface area contributed by atoms with Gasteiger partial charge in [-0.15, -0.1) is 12.4 Å². The van der Waals surface area contributed by atoms with Gasteiger partial charge in [0, 0.05) is 12.6 Å². The summed E-state index contributed by atoms with van der Waals surface area (Å²) in [6.07, 6.45) is 5.26. The van der Waals surface area contributed by atoms with Crippen LogP contribution in [-0.2, 0) is 6.42 Å². The van der Waals surface area contributed by atoms with Crippen molar-refractivity contribution < 1.29 is 0 Å². The molecule has 2 aliphatic rings. The summed E-state index contributed by atoms with van der Waals surface area (Å²) in [5, 5.41) is 3.45. The molecular weight excluding hydrogens is 256 g/mol. The van der Waals surface area contributed by atoms with Gasteiger partial charge in [0.1, 0.15) is 0 Å². The predicted octanol–water partition coefficient (Wildman–Crippen LogP) is 3.03. The minimum absolute atomic E-state index is 0. The van der Waals surface area contributed by atoms with Gasteiger partial charge < -0.3 is 5.32 Å². The zero-order chi connectivity index (χ0) is 12.4. The predicted molar refractivity (Wildman–Crippen MR) is 83.0 cm³/mol. The molecule has 2 nitrogen and oxygen atoms in total. The fourth-order valence-corrected chi connectivity index (χ4v) is 3.59. The number of benzene rings is 1. The summed E-state index contributed by atoms with van der Waals surface area (Å²) < 4.78 is 0. The second kappa shape index (κ2) is 6.74. The maximum atomic E-state index is 3.45. The molecule has 3 rings (SSSR count). The van der Waals surface area contributed by atoms with Crippen molar-refractivity contribution in [2.45, 2.75) is 31.7 Å². The topological polar surface area (TPSA) is 15.3 Å². The molecule has 0 amide bonds. The van der Waals surface area contributed by atoms with E-state index in [9.17, 15) is 0 Å². The van der Waals surface area contributed by atoms with Crippen LogP contribution < -0.4 is 5.32 Å². The van der Waals surface area contributed by atoms with E-state index in [0.29, 0.717) is 6.04 Å². The SMILES string of the molecule is CN(CC1CCNCC1)C1CCc2ccccc21.Cl. The Kier molecular flexibility index (Phi) is 5.26. The monoisotopic (exact) mass is 280 g/mol. The van der Waals surface area contributed by atoms with E-state index < -0.39 is 0 Å². The molecule has 1 aromatic rings. The lowest BCUT2D eigenvalue weighted by atomic mass is 9.96. The summed E-state index contributed by atoms with van der Waals surface area (Å²) in [6, 6.07) is 9.65. The Morgan fingerprint density at radius 3 is 2.68 bits per heavy atom. The lowest BCUT2D eigenvalue weighted by molar-refractivity contribution is 0.186. The molecule has 0 saturated carbocycles. The minimum atomic E-state index is 0. The number of aryl methyl sites for hydroxylation is 1. The zero-order valence-electron chi connectivity index (χ0n) is 11.8. The molecule has 0 spiro atoms. The molecule has 19 heavy (non-hydrogen) atoms. The largest absolute Gasteiger partial charge is 0.317 e. The minimum Gasteiger partial charge on any atom is -0.317 e. The fraction of sp³-hybridized carbons (Fsp3) is 0.625. The van der Waals surface area contributed by atoms with Gasteiger partial charge in [0.15, 0.2) is 0 Å². The average molecular weight is 281 g/mol. The summed E-state index contributed by atoms with van der Waals surface area (Å²) >= 11 is 0. The van der Waals surface area contributed by atoms with Crippen molar-refractivity contribution in [3.63, 3.8) is 0 Å². The van der Waals surface area contributed by atoms with E-state index in [1.807, 2.05) is 0 Å². The van der Waals surface area contributed by atoms with Gasteiger partial charge in [0.2, 0.25) is 0 Å². The van der Waals surface area contributed by atoms with E-state index in [1.54, 1.807) is 11.1 Å². The Balaban J connectivity index is 0.00000133. The van der Waals surface area contributed by atoms with Crippen LogP contribution in [0.2, 0.25) is 0 Å². The van der Waals surface area contributed by atoms with Gasteiger partial charge in [-0.1, -0.05) is 24.3 Å². The number of nitrogens with one attached hydrogen (secondary N) is 1. The van der Waals surface area contributed by atoms with Crippen LogP contribution in [-0.4, -0.2) is 31.6 Å². The first-order valence-corrected chi connectivity index (χ1v) is 7.33. The van der Waals surface area contributed by atoms with Crippen LogP contribution in [0.5, 0.6) is 0 Å². The van der Waals surface area contributed by atoms with E-state index in [0.717, 1.165) is 5.92 Å². The molecule has 0 radical (unpaired) electrons. The third kappa shape index (κ3) is 3.31. The number of piperidine rings is 1. The number of rotatable bonds is 3. The molecule has 1 heterocycles. The molecule has 1 N–H and O–H groups in total. The van der Waals surface area contributed by atoms with Crippen molar-refractivity contribution in [3.05, 3.63) is 35.4 Å². The van der Waals surface area contributed by atoms with Crippen LogP contribution in [0.25, 0.3) is 0 Å². The molecule has 3 heteroatoms. The number of nitrogens with zero attached hydrogens (tertiary/aromatic N) is 1. The van der Waals surface area contributed by atoms with Crippen molar-refractivity contribution in [2.24, 2.45) is 5.92 Å². The van der Waals surface area contributed by atoms with Crippen LogP contribution in [0, 0.1) is 5.92 Å². The van der Waals surface area contributed by atoms with Gasteiger partial charge in [-0.2, -0.15) is 0 Å². The van der Waals surface area contributed by atoms with Crippen molar-refractivity contribution in [1.29, 1.82) is 0 Å². The van der Waals surface area contributed by atoms with Crippen molar-refractivity contribution >= 4 is 12.4 Å². The van der Waals surface area contributed by atoms with Gasteiger partial charge >= 0.3 is 0 Å². The normalized spacial score (nSPS) is 23.2. The Labute approximate surface area is 123 Å². The van der Waals surface area contributed by atoms with Crippen LogP contribution >= 0.6 is 12.4 Å². The molecule has 1 aliphatic heterocycles. The molecule has 1 fully saturated rings. The van der Waals surface area contributed by atoms with Gasteiger partial charge in [0.25, 0.3) is 0 Å². The molecular formula is C16H25ClN2. The third-order valence-corrected chi connectivity index (χ3v) is 4.64. The van der Waals surface area contributed by atoms with Crippen LogP contribution in [0.4, 0.5) is 0 Å². The summed E-state index contributed by atoms with van der Waals surface area (Å²) in [5.41, 5.74) is 3.15. The van der Waals surface area contributed by atoms with Crippen molar-refractivity contribution in [1.82, 2.24) is 10.2 Å². The lowest BCUT2D eigenvalue weighted by Crippen LogP contribution is -2.35. The number of fused-ring (bicyclic) bond motifs is 1. The van der Waals surface area contributed by atoms with E-state index in [4.69, 9.17) is 0 Å². The molecule has 1 aromatic carbocycles. The van der Waals surface area contributed by atoms with Crippen LogP contribution in [0.3, 0.4) is 0 Å². The standard InChI is InChI=1S/C16H24N2.ClH/c1-18(12-13-8-10-17-11-9-13)16-7-6-14-4-2-3-5-15(14)16;/h2-5,13,16-17H,6-12H2,1H3;1H. The van der Waals surface area contributed by atoms with Gasteiger partial charge in [0.05, 0.1) is 0 Å². The maximum Gasteiger partial charge on any atom is 0.0351 e. The fourth-order valence-electron chi connectivity index (χ4n) is 3.59. The first kappa shape index (κ1) is 14.8. The smallest absolute Gasteiger partial charge is 0.0351 e. The molecule has 1 unspecified atom stereocenters. The van der Waals surface area contributed by atoms with E-state index >= 15 is 0 Å². The van der Waals surface area contributed by atoms with Crippen LogP contribution in [0.15, 0.2) is 24.3 Å². The van der Waals surface area contributed by atoms with Crippen LogP contribution in [0.1, 0.15) is 36.4 Å². The quantitative estimate of drug-likeness (QED) is 0.916. The Morgan fingerprint density at radius 2 is 1.89 bits per heavy atom. The zero-order valence-corrected chi connectivity index (χ0v) is 12.6. The number of hydrogen-bond acceptors (Lipinski definition) is 2. The average Bonchev–Trinajstić information content (AvgIpc) is 2.84. The Morgan fingerprint density at radius 1 is 1.16 bits per heavy atom. The Hall–Kier alpha value is -0.570. The van der Waals surface area contributed by atoms with Crippen molar-refractivity contribution in [2.75, 3.05) is 26.7 Å². The molecule has 1 atom stereocenters. The number of halogens is 1. The summed E-state index contributed by atoms with van der Waals surface area (Å²) in [7, 11) is 2.31. The second-order valence-corrected chi connectivity index (χ2v) is 5.89. The number of hydrogen-bond donors (Lipinski definition) is 1. The van der Waals surface area contributed by atoms with E-state index in [-0.39, 0.29) is 12.4 Å². The van der Waals surface area contributed by atoms with Crippen molar-refractivity contribution in [3.8, 4) is 0 Å². The summed E-state index contributed by atoms with van der Waals surface area (Å²) in [6.45, 7) is 3.68. The first-order valence-electron chi connectivity index (χ1n) is 7.33. The molecule has 106 valence electrons. The van der Waals surface area contributed by atoms with Gasteiger partial charge in [-0.05, 0) is 62.9 Å². The lowest BCUT2D eigenvalue weighted by Gasteiger charge is -2.31. The Bertz CT molecular complexity index is 401. The summed E-state index contributed by atoms with van der Waals surface area (Å²) in [4.78, 5) is 2.60. The maximum absolute atomic E-state index is 3.45. The second-order valence-electron chi connectivity index (χ2n) is 5.89. The highest BCUT2D eigenvalue weighted by molar-refractivity contribution is 5.85. The van der Waals surface area contributed by atoms with Gasteiger partial charge in [-0.25, -0.2) is 0 Å².